The Morgan fingerprint density at radius 3 is 2.38 bits per heavy atom. The summed E-state index contributed by atoms with van der Waals surface area (Å²) in [6, 6.07) is 5.27. The molecule has 10 heteroatoms. The van der Waals surface area contributed by atoms with Gasteiger partial charge in [0.25, 0.3) is 15.9 Å². The molecule has 0 unspecified atom stereocenters. The van der Waals surface area contributed by atoms with Crippen LogP contribution in [0.5, 0.6) is 0 Å². The molecule has 24 heavy (non-hydrogen) atoms. The van der Waals surface area contributed by atoms with Crippen LogP contribution in [0.2, 0.25) is 0 Å². The van der Waals surface area contributed by atoms with Gasteiger partial charge >= 0.3 is 0 Å². The highest BCUT2D eigenvalue weighted by atomic mass is 32.2. The molecular formula is C14H15N5O4S. The van der Waals surface area contributed by atoms with Crippen LogP contribution in [0.25, 0.3) is 0 Å². The molecule has 1 aromatic carbocycles. The standard InChI is InChI=1S/C14H15N5O4S/c1-8-7-16-13(15)12(17-8)14(21)18-10-3-5-11(6-4-10)24(22,23)19-9(2)20/h3-7H,1-2H3,(H2,15,16)(H,18,21)(H,19,20). The lowest BCUT2D eigenvalue weighted by atomic mass is 10.3. The van der Waals surface area contributed by atoms with E-state index in [1.165, 1.54) is 30.5 Å². The summed E-state index contributed by atoms with van der Waals surface area (Å²) in [5, 5.41) is 2.54. The molecule has 9 nitrogen and oxygen atoms in total. The second-order valence-electron chi connectivity index (χ2n) is 4.89. The van der Waals surface area contributed by atoms with Gasteiger partial charge in [0.1, 0.15) is 0 Å². The number of sulfonamides is 1. The van der Waals surface area contributed by atoms with E-state index in [9.17, 15) is 18.0 Å². The smallest absolute Gasteiger partial charge is 0.278 e. The zero-order chi connectivity index (χ0) is 17.9. The molecule has 0 saturated heterocycles. The maximum absolute atomic E-state index is 12.1. The third-order valence-corrected chi connectivity index (χ3v) is 4.29. The Balaban J connectivity index is 2.19. The first kappa shape index (κ1) is 17.3. The maximum atomic E-state index is 12.1. The molecular weight excluding hydrogens is 334 g/mol. The largest absolute Gasteiger partial charge is 0.382 e. The Morgan fingerprint density at radius 2 is 1.79 bits per heavy atom. The van der Waals surface area contributed by atoms with Crippen LogP contribution in [0.1, 0.15) is 23.1 Å². The molecule has 1 heterocycles. The highest BCUT2D eigenvalue weighted by molar-refractivity contribution is 7.90. The molecule has 0 spiro atoms. The lowest BCUT2D eigenvalue weighted by Crippen LogP contribution is -2.28. The van der Waals surface area contributed by atoms with E-state index in [2.05, 4.69) is 15.3 Å². The number of carbonyl (C=O) groups is 2. The quantitative estimate of drug-likeness (QED) is 0.726. The molecule has 0 aliphatic carbocycles. The van der Waals surface area contributed by atoms with Gasteiger partial charge in [0.2, 0.25) is 5.91 Å². The predicted molar refractivity (Wildman–Crippen MR) is 86.6 cm³/mol. The Bertz CT molecular complexity index is 894. The van der Waals surface area contributed by atoms with Gasteiger partial charge in [-0.1, -0.05) is 0 Å². The van der Waals surface area contributed by atoms with Gasteiger partial charge < -0.3 is 11.1 Å². The van der Waals surface area contributed by atoms with Crippen LogP contribution in [-0.4, -0.2) is 30.2 Å². The second kappa shape index (κ2) is 6.62. The van der Waals surface area contributed by atoms with Crippen LogP contribution < -0.4 is 15.8 Å². The van der Waals surface area contributed by atoms with Crippen molar-refractivity contribution in [2.45, 2.75) is 18.7 Å². The number of hydrogen-bond donors (Lipinski definition) is 3. The van der Waals surface area contributed by atoms with Crippen LogP contribution in [0.15, 0.2) is 35.4 Å². The lowest BCUT2D eigenvalue weighted by molar-refractivity contribution is -0.117. The summed E-state index contributed by atoms with van der Waals surface area (Å²) >= 11 is 0. The van der Waals surface area contributed by atoms with Crippen molar-refractivity contribution in [2.24, 2.45) is 0 Å². The summed E-state index contributed by atoms with van der Waals surface area (Å²) < 4.78 is 25.5. The highest BCUT2D eigenvalue weighted by Crippen LogP contribution is 2.15. The molecule has 2 amide bonds. The number of nitrogens with one attached hydrogen (secondary N) is 2. The highest BCUT2D eigenvalue weighted by Gasteiger charge is 2.16. The van der Waals surface area contributed by atoms with E-state index in [4.69, 9.17) is 5.73 Å². The minimum absolute atomic E-state index is 0.0112. The first-order valence-corrected chi connectivity index (χ1v) is 8.21. The van der Waals surface area contributed by atoms with Crippen LogP contribution >= 0.6 is 0 Å². The summed E-state index contributed by atoms with van der Waals surface area (Å²) in [5.41, 5.74) is 6.47. The Kier molecular flexibility index (Phi) is 4.79. The summed E-state index contributed by atoms with van der Waals surface area (Å²) in [6.07, 6.45) is 1.44. The van der Waals surface area contributed by atoms with Crippen molar-refractivity contribution in [2.75, 3.05) is 11.1 Å². The molecule has 1 aromatic heterocycles. The maximum Gasteiger partial charge on any atom is 0.278 e. The van der Waals surface area contributed by atoms with Crippen LogP contribution in [-0.2, 0) is 14.8 Å². The summed E-state index contributed by atoms with van der Waals surface area (Å²) in [6.45, 7) is 2.77. The number of anilines is 2. The fourth-order valence-electron chi connectivity index (χ4n) is 1.81. The number of carbonyl (C=O) groups excluding carboxylic acids is 2. The van der Waals surface area contributed by atoms with Gasteiger partial charge in [0, 0.05) is 12.6 Å². The van der Waals surface area contributed by atoms with Gasteiger partial charge in [0.05, 0.1) is 16.8 Å². The molecule has 0 aliphatic heterocycles. The minimum atomic E-state index is -3.92. The molecule has 0 aliphatic rings. The molecule has 0 radical (unpaired) electrons. The lowest BCUT2D eigenvalue weighted by Gasteiger charge is -2.08. The fraction of sp³-hybridized carbons (Fsp3) is 0.143. The number of amides is 2. The first-order chi connectivity index (χ1) is 11.2. The van der Waals surface area contributed by atoms with Gasteiger partial charge in [-0.05, 0) is 31.2 Å². The molecule has 126 valence electrons. The van der Waals surface area contributed by atoms with E-state index in [0.29, 0.717) is 11.4 Å². The number of nitrogens with zero attached hydrogens (tertiary/aromatic N) is 2. The second-order valence-corrected chi connectivity index (χ2v) is 6.57. The number of aromatic nitrogens is 2. The number of benzene rings is 1. The van der Waals surface area contributed by atoms with Crippen molar-refractivity contribution >= 4 is 33.3 Å². The van der Waals surface area contributed by atoms with E-state index >= 15 is 0 Å². The van der Waals surface area contributed by atoms with Crippen LogP contribution in [0.3, 0.4) is 0 Å². The monoisotopic (exact) mass is 349 g/mol. The predicted octanol–water partition coefficient (Wildman–Crippen LogP) is 0.444. The molecule has 4 N–H and O–H groups in total. The molecule has 0 fully saturated rings. The van der Waals surface area contributed by atoms with E-state index in [-0.39, 0.29) is 16.4 Å². The molecule has 0 saturated carbocycles. The fourth-order valence-corrected chi connectivity index (χ4v) is 2.80. The van der Waals surface area contributed by atoms with Crippen molar-refractivity contribution in [1.82, 2.24) is 14.7 Å². The van der Waals surface area contributed by atoms with Crippen molar-refractivity contribution < 1.29 is 18.0 Å². The number of rotatable bonds is 4. The number of nitrogens with two attached hydrogens (primary N) is 1. The van der Waals surface area contributed by atoms with Gasteiger partial charge in [-0.3, -0.25) is 9.59 Å². The van der Waals surface area contributed by atoms with E-state index in [0.717, 1.165) is 6.92 Å². The van der Waals surface area contributed by atoms with Gasteiger partial charge in [-0.15, -0.1) is 0 Å². The first-order valence-electron chi connectivity index (χ1n) is 6.73. The van der Waals surface area contributed by atoms with E-state index in [1.807, 2.05) is 4.72 Å². The normalized spacial score (nSPS) is 10.9. The van der Waals surface area contributed by atoms with Crippen LogP contribution in [0, 0.1) is 6.92 Å². The molecule has 0 atom stereocenters. The van der Waals surface area contributed by atoms with Crippen molar-refractivity contribution in [1.29, 1.82) is 0 Å². The Labute approximate surface area is 138 Å². The topological polar surface area (TPSA) is 144 Å². The number of nitrogen functional groups attached to an aromatic ring is 1. The zero-order valence-electron chi connectivity index (χ0n) is 12.9. The van der Waals surface area contributed by atoms with Gasteiger partial charge in [-0.25, -0.2) is 23.1 Å². The third-order valence-electron chi connectivity index (χ3n) is 2.84. The van der Waals surface area contributed by atoms with E-state index in [1.54, 1.807) is 6.92 Å². The molecule has 2 aromatic rings. The van der Waals surface area contributed by atoms with Gasteiger partial charge in [0.15, 0.2) is 11.5 Å². The average molecular weight is 349 g/mol. The van der Waals surface area contributed by atoms with Crippen molar-refractivity contribution in [3.63, 3.8) is 0 Å². The Morgan fingerprint density at radius 1 is 1.17 bits per heavy atom. The van der Waals surface area contributed by atoms with Gasteiger partial charge in [-0.2, -0.15) is 0 Å². The molecule has 0 bridgehead atoms. The summed E-state index contributed by atoms with van der Waals surface area (Å²) in [5.74, 6) is -1.27. The minimum Gasteiger partial charge on any atom is -0.382 e. The molecule has 2 rings (SSSR count). The van der Waals surface area contributed by atoms with Crippen LogP contribution in [0.4, 0.5) is 11.5 Å². The summed E-state index contributed by atoms with van der Waals surface area (Å²) in [7, 11) is -3.92. The van der Waals surface area contributed by atoms with E-state index < -0.39 is 21.8 Å². The number of hydrogen-bond acceptors (Lipinski definition) is 7. The third kappa shape index (κ3) is 4.04. The SMILES string of the molecule is CC(=O)NS(=O)(=O)c1ccc(NC(=O)c2nc(C)cnc2N)cc1. The van der Waals surface area contributed by atoms with Crippen molar-refractivity contribution in [3.05, 3.63) is 41.9 Å². The Hall–Kier alpha value is -3.01. The van der Waals surface area contributed by atoms with Crippen molar-refractivity contribution in [3.8, 4) is 0 Å². The zero-order valence-corrected chi connectivity index (χ0v) is 13.7. The number of aryl methyl sites for hydroxylation is 1. The summed E-state index contributed by atoms with van der Waals surface area (Å²) in [4.78, 5) is 30.8. The average Bonchev–Trinajstić information content (AvgIpc) is 2.49.